The second kappa shape index (κ2) is 12.3. The number of benzene rings is 1. The molecule has 0 aliphatic carbocycles. The van der Waals surface area contributed by atoms with Crippen LogP contribution in [0.4, 0.5) is 0 Å². The molecule has 4 N–H and O–H groups in total. The Balaban J connectivity index is 2.03. The Morgan fingerprint density at radius 1 is 1.09 bits per heavy atom. The van der Waals surface area contributed by atoms with Gasteiger partial charge in [-0.3, -0.25) is 14.6 Å². The van der Waals surface area contributed by atoms with Gasteiger partial charge in [0.15, 0.2) is 0 Å². The van der Waals surface area contributed by atoms with Crippen molar-refractivity contribution < 1.29 is 28.1 Å². The molecule has 1 aromatic carbocycles. The van der Waals surface area contributed by atoms with Crippen molar-refractivity contribution in [1.82, 2.24) is 20.6 Å². The zero-order valence-corrected chi connectivity index (χ0v) is 18.5. The summed E-state index contributed by atoms with van der Waals surface area (Å²) >= 11 is 0. The van der Waals surface area contributed by atoms with Crippen LogP contribution in [-0.4, -0.2) is 71.4 Å². The van der Waals surface area contributed by atoms with Crippen LogP contribution in [0.15, 0.2) is 48.9 Å². The van der Waals surface area contributed by atoms with Gasteiger partial charge in [0.1, 0.15) is 21.6 Å². The molecule has 2 aromatic rings. The van der Waals surface area contributed by atoms with Gasteiger partial charge in [0.2, 0.25) is 5.91 Å². The summed E-state index contributed by atoms with van der Waals surface area (Å²) in [5.74, 6) is -2.74. The highest BCUT2D eigenvalue weighted by molar-refractivity contribution is 7.90. The van der Waals surface area contributed by atoms with Crippen molar-refractivity contribution in [3.05, 3.63) is 60.2 Å². The normalized spacial score (nSPS) is 13.1. The van der Waals surface area contributed by atoms with E-state index in [2.05, 4.69) is 20.6 Å². The molecular weight excluding hydrogens is 435 g/mol. The Morgan fingerprint density at radius 3 is 2.41 bits per heavy atom. The smallest absolute Gasteiger partial charge is 0.426 e. The van der Waals surface area contributed by atoms with Gasteiger partial charge in [-0.2, -0.15) is 0 Å². The van der Waals surface area contributed by atoms with Gasteiger partial charge < -0.3 is 20.7 Å². The van der Waals surface area contributed by atoms with Crippen molar-refractivity contribution in [3.63, 3.8) is 0 Å². The first kappa shape index (κ1) is 25.4. The molecule has 2 rings (SSSR count). The fourth-order valence-electron chi connectivity index (χ4n) is 3.00. The second-order valence-corrected chi connectivity index (χ2v) is 9.70. The number of nitrogens with one attached hydrogen (secondary N) is 2. The summed E-state index contributed by atoms with van der Waals surface area (Å²) in [4.78, 5) is 32.8. The lowest BCUT2D eigenvalue weighted by Crippen LogP contribution is -2.54. The average molecular weight is 462 g/mol. The van der Waals surface area contributed by atoms with Crippen molar-refractivity contribution in [1.29, 1.82) is 0 Å². The van der Waals surface area contributed by atoms with Crippen molar-refractivity contribution in [2.24, 2.45) is 0 Å². The third-order valence-electron chi connectivity index (χ3n) is 4.71. The van der Waals surface area contributed by atoms with Crippen molar-refractivity contribution in [2.45, 2.75) is 37.7 Å². The maximum atomic E-state index is 12.8. The van der Waals surface area contributed by atoms with Crippen molar-refractivity contribution in [2.75, 3.05) is 12.0 Å². The zero-order chi connectivity index (χ0) is 23.6. The van der Waals surface area contributed by atoms with Crippen LogP contribution in [0.5, 0.6) is 0 Å². The molecule has 0 aliphatic rings. The van der Waals surface area contributed by atoms with E-state index in [1.165, 1.54) is 18.6 Å². The minimum absolute atomic E-state index is 0.0359. The van der Waals surface area contributed by atoms with Crippen LogP contribution in [0, 0.1) is 0 Å². The maximum absolute atomic E-state index is 12.8. The first-order valence-corrected chi connectivity index (χ1v) is 12.2. The molecule has 0 saturated heterocycles. The van der Waals surface area contributed by atoms with E-state index in [1.54, 1.807) is 0 Å². The van der Waals surface area contributed by atoms with Gasteiger partial charge in [0.05, 0.1) is 17.9 Å². The lowest BCUT2D eigenvalue weighted by atomic mass is 9.76. The first-order chi connectivity index (χ1) is 15.2. The monoisotopic (exact) mass is 462 g/mol. The highest BCUT2D eigenvalue weighted by Crippen LogP contribution is 2.08. The molecule has 32 heavy (non-hydrogen) atoms. The SMILES string of the molecule is CS(=O)(=O)CCC(NC(=O)c1cnccn1)C(=O)N[C@@H](CCCc1ccccc1)B(O)O. The number of sulfone groups is 1. The van der Waals surface area contributed by atoms with Gasteiger partial charge in [-0.1, -0.05) is 30.3 Å². The number of aromatic nitrogens is 2. The molecule has 0 spiro atoms. The first-order valence-electron chi connectivity index (χ1n) is 10.1. The molecule has 10 nitrogen and oxygen atoms in total. The Bertz CT molecular complexity index is 976. The summed E-state index contributed by atoms with van der Waals surface area (Å²) in [5.41, 5.74) is 1.04. The van der Waals surface area contributed by atoms with E-state index in [4.69, 9.17) is 0 Å². The van der Waals surface area contributed by atoms with E-state index in [0.29, 0.717) is 12.8 Å². The molecule has 0 saturated carbocycles. The molecule has 0 aliphatic heterocycles. The molecule has 172 valence electrons. The van der Waals surface area contributed by atoms with Crippen LogP contribution in [0.2, 0.25) is 0 Å². The molecule has 2 atom stereocenters. The number of carbonyl (C=O) groups is 2. The van der Waals surface area contributed by atoms with E-state index in [9.17, 15) is 28.1 Å². The highest BCUT2D eigenvalue weighted by Gasteiger charge is 2.30. The summed E-state index contributed by atoms with van der Waals surface area (Å²) in [5, 5.41) is 24.4. The summed E-state index contributed by atoms with van der Waals surface area (Å²) < 4.78 is 23.1. The Labute approximate surface area is 187 Å². The fraction of sp³-hybridized carbons (Fsp3) is 0.400. The molecule has 2 amide bonds. The molecule has 0 radical (unpaired) electrons. The predicted molar refractivity (Wildman–Crippen MR) is 119 cm³/mol. The second-order valence-electron chi connectivity index (χ2n) is 7.44. The minimum atomic E-state index is -3.40. The third-order valence-corrected chi connectivity index (χ3v) is 5.68. The van der Waals surface area contributed by atoms with Crippen LogP contribution in [-0.2, 0) is 21.1 Å². The number of hydrogen-bond acceptors (Lipinski definition) is 8. The van der Waals surface area contributed by atoms with Crippen LogP contribution < -0.4 is 10.6 Å². The van der Waals surface area contributed by atoms with Gasteiger partial charge in [-0.15, -0.1) is 0 Å². The van der Waals surface area contributed by atoms with Gasteiger partial charge in [-0.25, -0.2) is 13.4 Å². The van der Waals surface area contributed by atoms with E-state index < -0.39 is 40.8 Å². The van der Waals surface area contributed by atoms with Crippen LogP contribution in [0.1, 0.15) is 35.3 Å². The van der Waals surface area contributed by atoms with E-state index in [0.717, 1.165) is 11.8 Å². The Morgan fingerprint density at radius 2 is 1.81 bits per heavy atom. The lowest BCUT2D eigenvalue weighted by Gasteiger charge is -2.23. The summed E-state index contributed by atoms with van der Waals surface area (Å²) in [6.07, 6.45) is 6.28. The number of nitrogens with zero attached hydrogens (tertiary/aromatic N) is 2. The van der Waals surface area contributed by atoms with Gasteiger partial charge in [0, 0.05) is 18.6 Å². The van der Waals surface area contributed by atoms with Crippen LogP contribution >= 0.6 is 0 Å². The van der Waals surface area contributed by atoms with Crippen LogP contribution in [0.25, 0.3) is 0 Å². The number of carbonyl (C=O) groups excluding carboxylic acids is 2. The van der Waals surface area contributed by atoms with E-state index in [1.807, 2.05) is 30.3 Å². The van der Waals surface area contributed by atoms with Crippen LogP contribution in [0.3, 0.4) is 0 Å². The topological polar surface area (TPSA) is 159 Å². The van der Waals surface area contributed by atoms with E-state index in [-0.39, 0.29) is 24.3 Å². The third kappa shape index (κ3) is 9.12. The Kier molecular flexibility index (Phi) is 9.75. The fourth-order valence-corrected chi connectivity index (χ4v) is 3.66. The average Bonchev–Trinajstić information content (AvgIpc) is 2.76. The largest absolute Gasteiger partial charge is 0.475 e. The molecule has 1 heterocycles. The van der Waals surface area contributed by atoms with Crippen molar-refractivity contribution in [3.8, 4) is 0 Å². The summed E-state index contributed by atoms with van der Waals surface area (Å²) in [6.45, 7) is 0. The van der Waals surface area contributed by atoms with Gasteiger partial charge >= 0.3 is 7.12 Å². The lowest BCUT2D eigenvalue weighted by molar-refractivity contribution is -0.123. The van der Waals surface area contributed by atoms with E-state index >= 15 is 0 Å². The summed E-state index contributed by atoms with van der Waals surface area (Å²) in [6, 6.07) is 8.40. The highest BCUT2D eigenvalue weighted by atomic mass is 32.2. The molecular formula is C20H27BN4O6S. The predicted octanol–water partition coefficient (Wildman–Crippen LogP) is -0.471. The number of aryl methyl sites for hydroxylation is 1. The molecule has 12 heteroatoms. The number of amides is 2. The Hall–Kier alpha value is -2.83. The van der Waals surface area contributed by atoms with Gasteiger partial charge in [0.25, 0.3) is 5.91 Å². The van der Waals surface area contributed by atoms with Crippen molar-refractivity contribution >= 4 is 28.8 Å². The standard InChI is InChI=1S/C20H27BN4O6S/c1-32(30,31)13-10-16(24-20(27)17-14-22-11-12-23-17)19(26)25-18(21(28)29)9-5-8-15-6-3-2-4-7-15/h2-4,6-7,11-12,14,16,18,28-29H,5,8-10,13H2,1H3,(H,24,27)(H,25,26)/t16?,18-/m0/s1. The zero-order valence-electron chi connectivity index (χ0n) is 17.7. The maximum Gasteiger partial charge on any atom is 0.475 e. The molecule has 1 unspecified atom stereocenters. The molecule has 1 aromatic heterocycles. The number of hydrogen-bond donors (Lipinski definition) is 4. The number of rotatable bonds is 12. The minimum Gasteiger partial charge on any atom is -0.426 e. The molecule has 0 bridgehead atoms. The summed E-state index contributed by atoms with van der Waals surface area (Å²) in [7, 11) is -5.22. The molecule has 0 fully saturated rings. The van der Waals surface area contributed by atoms with Gasteiger partial charge in [-0.05, 0) is 31.2 Å². The quantitative estimate of drug-likeness (QED) is 0.308.